The molecule has 1 saturated heterocycles. The fraction of sp³-hybridized carbons (Fsp3) is 0.462. The standard InChI is InChI=1S/C13H18N2O4S/c1-10(16)11-2-4-12(5-3-11)20(18,19)15-8-6-13(17)14-7-9-15/h2-5,10,16H,6-9H2,1H3,(H,14,17). The highest BCUT2D eigenvalue weighted by atomic mass is 32.2. The summed E-state index contributed by atoms with van der Waals surface area (Å²) in [6, 6.07) is 6.16. The molecule has 1 fully saturated rings. The molecule has 0 aromatic heterocycles. The monoisotopic (exact) mass is 298 g/mol. The predicted octanol–water partition coefficient (Wildman–Crippen LogP) is 0.250. The summed E-state index contributed by atoms with van der Waals surface area (Å²) in [7, 11) is -3.59. The molecule has 0 radical (unpaired) electrons. The van der Waals surface area contributed by atoms with Crippen LogP contribution in [-0.4, -0.2) is 43.4 Å². The van der Waals surface area contributed by atoms with Gasteiger partial charge in [0.15, 0.2) is 0 Å². The number of benzene rings is 1. The van der Waals surface area contributed by atoms with Crippen molar-refractivity contribution in [3.05, 3.63) is 29.8 Å². The molecule has 7 heteroatoms. The predicted molar refractivity (Wildman–Crippen MR) is 73.5 cm³/mol. The number of aliphatic hydroxyl groups excluding tert-OH is 1. The maximum absolute atomic E-state index is 12.5. The average molecular weight is 298 g/mol. The largest absolute Gasteiger partial charge is 0.389 e. The van der Waals surface area contributed by atoms with E-state index in [1.165, 1.54) is 16.4 Å². The summed E-state index contributed by atoms with van der Waals surface area (Å²) in [4.78, 5) is 11.4. The van der Waals surface area contributed by atoms with Gasteiger partial charge in [0, 0.05) is 26.1 Å². The molecule has 0 bridgehead atoms. The van der Waals surface area contributed by atoms with Gasteiger partial charge in [-0.25, -0.2) is 8.42 Å². The molecule has 110 valence electrons. The van der Waals surface area contributed by atoms with E-state index in [1.807, 2.05) is 0 Å². The number of aliphatic hydroxyl groups is 1. The van der Waals surface area contributed by atoms with Gasteiger partial charge < -0.3 is 10.4 Å². The lowest BCUT2D eigenvalue weighted by Gasteiger charge is -2.19. The Bertz CT molecular complexity index is 581. The van der Waals surface area contributed by atoms with E-state index in [0.29, 0.717) is 12.1 Å². The molecule has 0 spiro atoms. The zero-order valence-corrected chi connectivity index (χ0v) is 12.1. The normalized spacial score (nSPS) is 19.2. The third-order valence-corrected chi connectivity index (χ3v) is 5.18. The molecule has 1 amide bonds. The van der Waals surface area contributed by atoms with E-state index in [0.717, 1.165) is 0 Å². The number of hydrogen-bond acceptors (Lipinski definition) is 4. The molecule has 0 aliphatic carbocycles. The van der Waals surface area contributed by atoms with Gasteiger partial charge in [-0.15, -0.1) is 0 Å². The lowest BCUT2D eigenvalue weighted by molar-refractivity contribution is -0.120. The maximum Gasteiger partial charge on any atom is 0.243 e. The van der Waals surface area contributed by atoms with E-state index in [9.17, 15) is 18.3 Å². The SMILES string of the molecule is CC(O)c1ccc(S(=O)(=O)N2CCNC(=O)CC2)cc1. The smallest absolute Gasteiger partial charge is 0.243 e. The first-order valence-electron chi connectivity index (χ1n) is 6.46. The molecular formula is C13H18N2O4S. The minimum atomic E-state index is -3.59. The van der Waals surface area contributed by atoms with Gasteiger partial charge in [-0.1, -0.05) is 12.1 Å². The fourth-order valence-corrected chi connectivity index (χ4v) is 3.50. The van der Waals surface area contributed by atoms with Gasteiger partial charge in [0.25, 0.3) is 0 Å². The first kappa shape index (κ1) is 15.0. The first-order valence-corrected chi connectivity index (χ1v) is 7.90. The number of rotatable bonds is 3. The zero-order valence-electron chi connectivity index (χ0n) is 11.2. The van der Waals surface area contributed by atoms with Crippen LogP contribution >= 0.6 is 0 Å². The molecule has 1 heterocycles. The summed E-state index contributed by atoms with van der Waals surface area (Å²) >= 11 is 0. The molecule has 1 atom stereocenters. The summed E-state index contributed by atoms with van der Waals surface area (Å²) in [5, 5.41) is 12.1. The van der Waals surface area contributed by atoms with Crippen molar-refractivity contribution < 1.29 is 18.3 Å². The van der Waals surface area contributed by atoms with Gasteiger partial charge in [-0.05, 0) is 24.6 Å². The zero-order chi connectivity index (χ0) is 14.8. The summed E-state index contributed by atoms with van der Waals surface area (Å²) < 4.78 is 26.2. The third-order valence-electron chi connectivity index (χ3n) is 3.27. The van der Waals surface area contributed by atoms with Gasteiger partial charge in [-0.3, -0.25) is 4.79 Å². The van der Waals surface area contributed by atoms with Gasteiger partial charge in [0.1, 0.15) is 0 Å². The molecule has 2 rings (SSSR count). The summed E-state index contributed by atoms with van der Waals surface area (Å²) in [6.07, 6.45) is -0.461. The van der Waals surface area contributed by atoms with E-state index >= 15 is 0 Å². The van der Waals surface area contributed by atoms with Crippen molar-refractivity contribution in [2.75, 3.05) is 19.6 Å². The van der Waals surface area contributed by atoms with E-state index < -0.39 is 16.1 Å². The Kier molecular flexibility index (Phi) is 4.42. The topological polar surface area (TPSA) is 86.7 Å². The number of nitrogens with one attached hydrogen (secondary N) is 1. The number of hydrogen-bond donors (Lipinski definition) is 2. The Morgan fingerprint density at radius 1 is 1.25 bits per heavy atom. The van der Waals surface area contributed by atoms with Crippen LogP contribution in [-0.2, 0) is 14.8 Å². The van der Waals surface area contributed by atoms with Gasteiger partial charge in [0.2, 0.25) is 15.9 Å². The number of nitrogens with zero attached hydrogens (tertiary/aromatic N) is 1. The van der Waals surface area contributed by atoms with Crippen LogP contribution in [0.2, 0.25) is 0 Å². The van der Waals surface area contributed by atoms with Crippen LogP contribution in [0.15, 0.2) is 29.2 Å². The van der Waals surface area contributed by atoms with E-state index in [4.69, 9.17) is 0 Å². The Hall–Kier alpha value is -1.44. The van der Waals surface area contributed by atoms with Gasteiger partial charge in [0.05, 0.1) is 11.0 Å². The quantitative estimate of drug-likeness (QED) is 0.837. The minimum absolute atomic E-state index is 0.132. The van der Waals surface area contributed by atoms with Crippen LogP contribution in [0.25, 0.3) is 0 Å². The van der Waals surface area contributed by atoms with Crippen molar-refractivity contribution in [1.29, 1.82) is 0 Å². The van der Waals surface area contributed by atoms with Crippen LogP contribution < -0.4 is 5.32 Å². The second kappa shape index (κ2) is 5.90. The fourth-order valence-electron chi connectivity index (χ4n) is 2.05. The van der Waals surface area contributed by atoms with Crippen LogP contribution in [0.5, 0.6) is 0 Å². The van der Waals surface area contributed by atoms with Crippen molar-refractivity contribution >= 4 is 15.9 Å². The second-order valence-electron chi connectivity index (χ2n) is 4.75. The highest BCUT2D eigenvalue weighted by Crippen LogP contribution is 2.19. The summed E-state index contributed by atoms with van der Waals surface area (Å²) in [5.41, 5.74) is 0.664. The van der Waals surface area contributed by atoms with Crippen molar-refractivity contribution in [2.24, 2.45) is 0 Å². The molecule has 1 aliphatic heterocycles. The Morgan fingerprint density at radius 3 is 2.50 bits per heavy atom. The van der Waals surface area contributed by atoms with Crippen LogP contribution in [0.3, 0.4) is 0 Å². The molecular weight excluding hydrogens is 280 g/mol. The summed E-state index contributed by atoms with van der Waals surface area (Å²) in [5.74, 6) is -0.132. The average Bonchev–Trinajstić information content (AvgIpc) is 2.64. The Balaban J connectivity index is 2.23. The number of carbonyl (C=O) groups is 1. The number of carbonyl (C=O) groups excluding carboxylic acids is 1. The van der Waals surface area contributed by atoms with E-state index in [-0.39, 0.29) is 30.3 Å². The van der Waals surface area contributed by atoms with Crippen molar-refractivity contribution in [2.45, 2.75) is 24.3 Å². The highest BCUT2D eigenvalue weighted by molar-refractivity contribution is 7.89. The molecule has 20 heavy (non-hydrogen) atoms. The van der Waals surface area contributed by atoms with E-state index in [2.05, 4.69) is 5.32 Å². The number of amides is 1. The molecule has 0 saturated carbocycles. The highest BCUT2D eigenvalue weighted by Gasteiger charge is 2.26. The molecule has 6 nitrogen and oxygen atoms in total. The lowest BCUT2D eigenvalue weighted by atomic mass is 10.1. The second-order valence-corrected chi connectivity index (χ2v) is 6.69. The van der Waals surface area contributed by atoms with E-state index in [1.54, 1.807) is 19.1 Å². The van der Waals surface area contributed by atoms with Crippen molar-refractivity contribution in [1.82, 2.24) is 9.62 Å². The van der Waals surface area contributed by atoms with Gasteiger partial charge in [-0.2, -0.15) is 4.31 Å². The minimum Gasteiger partial charge on any atom is -0.389 e. The molecule has 1 aromatic carbocycles. The Labute approximate surface area is 118 Å². The molecule has 1 unspecified atom stereocenters. The molecule has 2 N–H and O–H groups in total. The van der Waals surface area contributed by atoms with Crippen LogP contribution in [0, 0.1) is 0 Å². The van der Waals surface area contributed by atoms with Crippen LogP contribution in [0.1, 0.15) is 25.0 Å². The van der Waals surface area contributed by atoms with Crippen molar-refractivity contribution in [3.63, 3.8) is 0 Å². The third kappa shape index (κ3) is 3.17. The number of sulfonamides is 1. The lowest BCUT2D eigenvalue weighted by Crippen LogP contribution is -2.34. The molecule has 1 aromatic rings. The van der Waals surface area contributed by atoms with Gasteiger partial charge >= 0.3 is 0 Å². The maximum atomic E-state index is 12.5. The summed E-state index contributed by atoms with van der Waals surface area (Å²) in [6.45, 7) is 2.40. The van der Waals surface area contributed by atoms with Crippen molar-refractivity contribution in [3.8, 4) is 0 Å². The molecule has 1 aliphatic rings. The first-order chi connectivity index (χ1) is 9.41. The van der Waals surface area contributed by atoms with Crippen LogP contribution in [0.4, 0.5) is 0 Å². The Morgan fingerprint density at radius 2 is 1.90 bits per heavy atom.